The number of benzene rings is 1. The van der Waals surface area contributed by atoms with Crippen LogP contribution in [0.2, 0.25) is 0 Å². The topological polar surface area (TPSA) is 41.5 Å². The molecular formula is C15H23NO2. The number of phenols is 1. The van der Waals surface area contributed by atoms with E-state index in [0.29, 0.717) is 11.8 Å². The van der Waals surface area contributed by atoms with Gasteiger partial charge in [-0.15, -0.1) is 0 Å². The summed E-state index contributed by atoms with van der Waals surface area (Å²) in [5, 5.41) is 13.6. The monoisotopic (exact) mass is 249 g/mol. The van der Waals surface area contributed by atoms with Crippen molar-refractivity contribution < 1.29 is 9.84 Å². The van der Waals surface area contributed by atoms with Crippen molar-refractivity contribution in [1.29, 1.82) is 0 Å². The molecule has 0 spiro atoms. The Bertz CT molecular complexity index is 405. The number of ether oxygens (including phenoxy) is 1. The quantitative estimate of drug-likeness (QED) is 0.860. The van der Waals surface area contributed by atoms with Crippen molar-refractivity contribution in [2.75, 3.05) is 7.11 Å². The summed E-state index contributed by atoms with van der Waals surface area (Å²) in [5.41, 5.74) is 0.911. The smallest absolute Gasteiger partial charge is 0.120 e. The molecule has 3 nitrogen and oxygen atoms in total. The Balaban J connectivity index is 2.10. The Morgan fingerprint density at radius 1 is 1.39 bits per heavy atom. The van der Waals surface area contributed by atoms with Gasteiger partial charge >= 0.3 is 0 Å². The molecule has 0 aliphatic heterocycles. The standard InChI is InChI=1S/C15H23NO2/c1-10-5-4-6-14(10)16-11(2)13-9-12(18-3)7-8-15(13)17/h7-11,14,16-17H,4-6H2,1-3H3. The van der Waals surface area contributed by atoms with E-state index >= 15 is 0 Å². The van der Waals surface area contributed by atoms with Gasteiger partial charge in [-0.3, -0.25) is 0 Å². The van der Waals surface area contributed by atoms with Crippen LogP contribution in [-0.2, 0) is 0 Å². The highest BCUT2D eigenvalue weighted by Gasteiger charge is 2.25. The zero-order valence-electron chi connectivity index (χ0n) is 11.4. The van der Waals surface area contributed by atoms with Crippen LogP contribution in [0.3, 0.4) is 0 Å². The number of aromatic hydroxyl groups is 1. The van der Waals surface area contributed by atoms with Crippen LogP contribution < -0.4 is 10.1 Å². The Kier molecular flexibility index (Phi) is 4.12. The molecule has 2 N–H and O–H groups in total. The molecule has 1 aliphatic carbocycles. The number of nitrogens with one attached hydrogen (secondary N) is 1. The van der Waals surface area contributed by atoms with Crippen LogP contribution in [0.1, 0.15) is 44.7 Å². The fourth-order valence-electron chi connectivity index (χ4n) is 2.81. The first-order chi connectivity index (χ1) is 8.61. The second kappa shape index (κ2) is 5.61. The molecule has 1 aromatic rings. The van der Waals surface area contributed by atoms with Gasteiger partial charge in [-0.1, -0.05) is 13.3 Å². The number of methoxy groups -OCH3 is 1. The lowest BCUT2D eigenvalue weighted by molar-refractivity contribution is 0.374. The SMILES string of the molecule is COc1ccc(O)c(C(C)NC2CCCC2C)c1. The summed E-state index contributed by atoms with van der Waals surface area (Å²) in [5.74, 6) is 1.84. The summed E-state index contributed by atoms with van der Waals surface area (Å²) >= 11 is 0. The van der Waals surface area contributed by atoms with Crippen molar-refractivity contribution in [2.45, 2.75) is 45.2 Å². The molecule has 0 heterocycles. The molecule has 1 saturated carbocycles. The third-order valence-corrected chi connectivity index (χ3v) is 4.03. The van der Waals surface area contributed by atoms with Crippen molar-refractivity contribution in [2.24, 2.45) is 5.92 Å². The van der Waals surface area contributed by atoms with Gasteiger partial charge in [0.1, 0.15) is 11.5 Å². The number of phenolic OH excluding ortho intramolecular Hbond substituents is 1. The van der Waals surface area contributed by atoms with Gasteiger partial charge < -0.3 is 15.2 Å². The van der Waals surface area contributed by atoms with E-state index in [-0.39, 0.29) is 6.04 Å². The highest BCUT2D eigenvalue weighted by Crippen LogP contribution is 2.31. The van der Waals surface area contributed by atoms with Crippen LogP contribution in [0.25, 0.3) is 0 Å². The van der Waals surface area contributed by atoms with Crippen LogP contribution in [-0.4, -0.2) is 18.3 Å². The lowest BCUT2D eigenvalue weighted by Crippen LogP contribution is -2.33. The molecule has 3 unspecified atom stereocenters. The van der Waals surface area contributed by atoms with E-state index in [1.54, 1.807) is 19.2 Å². The third-order valence-electron chi connectivity index (χ3n) is 4.03. The van der Waals surface area contributed by atoms with Crippen molar-refractivity contribution >= 4 is 0 Å². The average Bonchev–Trinajstić information content (AvgIpc) is 2.75. The predicted octanol–water partition coefficient (Wildman–Crippen LogP) is 3.24. The van der Waals surface area contributed by atoms with Crippen molar-refractivity contribution in [3.05, 3.63) is 23.8 Å². The molecule has 18 heavy (non-hydrogen) atoms. The molecule has 0 amide bonds. The fraction of sp³-hybridized carbons (Fsp3) is 0.600. The second-order valence-corrected chi connectivity index (χ2v) is 5.33. The number of hydrogen-bond donors (Lipinski definition) is 2. The fourth-order valence-corrected chi connectivity index (χ4v) is 2.81. The molecule has 3 heteroatoms. The van der Waals surface area contributed by atoms with Crippen LogP contribution in [0.5, 0.6) is 11.5 Å². The van der Waals surface area contributed by atoms with E-state index in [1.807, 2.05) is 6.07 Å². The molecule has 0 saturated heterocycles. The molecule has 1 fully saturated rings. The zero-order valence-corrected chi connectivity index (χ0v) is 11.4. The Labute approximate surface area is 109 Å². The number of hydrogen-bond acceptors (Lipinski definition) is 3. The van der Waals surface area contributed by atoms with E-state index in [9.17, 15) is 5.11 Å². The van der Waals surface area contributed by atoms with Gasteiger partial charge in [-0.2, -0.15) is 0 Å². The minimum Gasteiger partial charge on any atom is -0.508 e. The van der Waals surface area contributed by atoms with Crippen LogP contribution in [0.15, 0.2) is 18.2 Å². The molecule has 0 bridgehead atoms. The molecule has 0 aromatic heterocycles. The maximum absolute atomic E-state index is 9.95. The highest BCUT2D eigenvalue weighted by atomic mass is 16.5. The molecule has 0 radical (unpaired) electrons. The average molecular weight is 249 g/mol. The summed E-state index contributed by atoms with van der Waals surface area (Å²) in [6.45, 7) is 4.39. The first-order valence-corrected chi connectivity index (χ1v) is 6.74. The Morgan fingerprint density at radius 2 is 2.17 bits per heavy atom. The first-order valence-electron chi connectivity index (χ1n) is 6.74. The summed E-state index contributed by atoms with van der Waals surface area (Å²) in [6.07, 6.45) is 3.83. The highest BCUT2D eigenvalue weighted by molar-refractivity contribution is 5.41. The maximum Gasteiger partial charge on any atom is 0.120 e. The zero-order chi connectivity index (χ0) is 13.1. The van der Waals surface area contributed by atoms with E-state index < -0.39 is 0 Å². The molecular weight excluding hydrogens is 226 g/mol. The van der Waals surface area contributed by atoms with Gasteiger partial charge in [-0.25, -0.2) is 0 Å². The van der Waals surface area contributed by atoms with Gasteiger partial charge in [0, 0.05) is 17.6 Å². The lowest BCUT2D eigenvalue weighted by Gasteiger charge is -2.24. The number of rotatable bonds is 4. The lowest BCUT2D eigenvalue weighted by atomic mass is 10.0. The minimum atomic E-state index is 0.144. The second-order valence-electron chi connectivity index (χ2n) is 5.33. The van der Waals surface area contributed by atoms with Crippen molar-refractivity contribution in [3.8, 4) is 11.5 Å². The van der Waals surface area contributed by atoms with Gasteiger partial charge in [0.2, 0.25) is 0 Å². The Morgan fingerprint density at radius 3 is 2.78 bits per heavy atom. The van der Waals surface area contributed by atoms with Gasteiger partial charge in [0.25, 0.3) is 0 Å². The van der Waals surface area contributed by atoms with Crippen LogP contribution in [0.4, 0.5) is 0 Å². The van der Waals surface area contributed by atoms with Crippen LogP contribution in [0, 0.1) is 5.92 Å². The van der Waals surface area contributed by atoms with E-state index in [1.165, 1.54) is 19.3 Å². The predicted molar refractivity (Wildman–Crippen MR) is 73.0 cm³/mol. The van der Waals surface area contributed by atoms with Crippen LogP contribution >= 0.6 is 0 Å². The summed E-state index contributed by atoms with van der Waals surface area (Å²) in [4.78, 5) is 0. The van der Waals surface area contributed by atoms with Gasteiger partial charge in [0.05, 0.1) is 7.11 Å². The first kappa shape index (κ1) is 13.2. The van der Waals surface area contributed by atoms with Crippen molar-refractivity contribution in [3.63, 3.8) is 0 Å². The normalized spacial score (nSPS) is 25.1. The van der Waals surface area contributed by atoms with Gasteiger partial charge in [-0.05, 0) is 43.9 Å². The summed E-state index contributed by atoms with van der Waals surface area (Å²) < 4.78 is 5.21. The summed E-state index contributed by atoms with van der Waals surface area (Å²) in [7, 11) is 1.65. The minimum absolute atomic E-state index is 0.144. The molecule has 3 atom stereocenters. The van der Waals surface area contributed by atoms with E-state index in [2.05, 4.69) is 19.2 Å². The van der Waals surface area contributed by atoms with E-state index in [0.717, 1.165) is 17.2 Å². The molecule has 1 aliphatic rings. The molecule has 100 valence electrons. The maximum atomic E-state index is 9.95. The third kappa shape index (κ3) is 2.78. The Hall–Kier alpha value is -1.22. The molecule has 1 aromatic carbocycles. The largest absolute Gasteiger partial charge is 0.508 e. The van der Waals surface area contributed by atoms with Crippen molar-refractivity contribution in [1.82, 2.24) is 5.32 Å². The van der Waals surface area contributed by atoms with E-state index in [4.69, 9.17) is 4.74 Å². The van der Waals surface area contributed by atoms with Gasteiger partial charge in [0.15, 0.2) is 0 Å². The molecule has 2 rings (SSSR count). The summed E-state index contributed by atoms with van der Waals surface area (Å²) in [6, 6.07) is 6.09.